The summed E-state index contributed by atoms with van der Waals surface area (Å²) in [5.74, 6) is -0.400. The normalized spacial score (nSPS) is 21.9. The number of rotatable bonds is 25. The number of amides is 1. The van der Waals surface area contributed by atoms with E-state index in [1.165, 1.54) is 76.7 Å². The molecule has 2 heterocycles. The molecule has 1 saturated heterocycles. The molecule has 0 radical (unpaired) electrons. The van der Waals surface area contributed by atoms with E-state index in [2.05, 4.69) is 30.4 Å². The molecule has 2 rings (SSSR count). The monoisotopic (exact) mass is 815 g/mol. The predicted octanol–water partition coefficient (Wildman–Crippen LogP) is -6.48. The van der Waals surface area contributed by atoms with E-state index in [1.54, 1.807) is 0 Å². The van der Waals surface area contributed by atoms with Crippen LogP contribution in [0.3, 0.4) is 0 Å². The van der Waals surface area contributed by atoms with Crippen molar-refractivity contribution in [3.05, 3.63) is 22.7 Å². The molecule has 0 spiro atoms. The number of phosphoric ester groups is 1. The fourth-order valence-corrected chi connectivity index (χ4v) is 7.98. The summed E-state index contributed by atoms with van der Waals surface area (Å²) < 4.78 is 50.6. The van der Waals surface area contributed by atoms with Crippen LogP contribution in [0.15, 0.2) is 17.1 Å². The number of carbonyl (C=O) groups is 1. The van der Waals surface area contributed by atoms with Gasteiger partial charge in [-0.2, -0.15) is 4.98 Å². The van der Waals surface area contributed by atoms with Crippen LogP contribution >= 0.6 is 23.5 Å². The van der Waals surface area contributed by atoms with Gasteiger partial charge in [-0.1, -0.05) is 96.8 Å². The molecule has 1 aromatic heterocycles. The maximum atomic E-state index is 12.6. The van der Waals surface area contributed by atoms with E-state index in [0.717, 1.165) is 30.0 Å². The first-order valence-corrected chi connectivity index (χ1v) is 20.6. The molecule has 0 aliphatic carbocycles. The fraction of sp³-hybridized carbons (Fsp3) is 0.815. The summed E-state index contributed by atoms with van der Waals surface area (Å²) in [5, 5.41) is 23.1. The van der Waals surface area contributed by atoms with Crippen molar-refractivity contribution in [1.82, 2.24) is 9.55 Å². The van der Waals surface area contributed by atoms with Gasteiger partial charge >= 0.3 is 94.4 Å². The van der Waals surface area contributed by atoms with Crippen molar-refractivity contribution in [2.75, 3.05) is 11.9 Å². The summed E-state index contributed by atoms with van der Waals surface area (Å²) in [7, 11) is -17.9. The minimum absolute atomic E-state index is 0. The number of nitrogens with one attached hydrogen (secondary N) is 1. The van der Waals surface area contributed by atoms with Crippen LogP contribution in [0.1, 0.15) is 116 Å². The van der Waals surface area contributed by atoms with Gasteiger partial charge in [-0.3, -0.25) is 23.1 Å². The molecule has 7 atom stereocenters. The minimum atomic E-state index is -6.14. The topological polar surface area (TPSA) is 282 Å². The van der Waals surface area contributed by atoms with E-state index >= 15 is 0 Å². The molecule has 18 nitrogen and oxygen atoms in total. The Bertz CT molecular complexity index is 1340. The number of phosphoric acid groups is 3. The number of aromatic nitrogens is 2. The fourth-order valence-electron chi connectivity index (χ4n) is 5.09. The quantitative estimate of drug-likeness (QED) is 0.0406. The molecule has 0 aromatic carbocycles. The Balaban J connectivity index is 0. The molecule has 1 amide bonds. The third kappa shape index (κ3) is 23.5. The van der Waals surface area contributed by atoms with Gasteiger partial charge in [0.2, 0.25) is 5.91 Å². The second-order valence-electron chi connectivity index (χ2n) is 11.6. The maximum absolute atomic E-state index is 12.6. The summed E-state index contributed by atoms with van der Waals surface area (Å²) in [6, 6.07) is 1.25. The van der Waals surface area contributed by atoms with Crippen LogP contribution in [-0.2, 0) is 36.4 Å². The summed E-state index contributed by atoms with van der Waals surface area (Å²) in [5.41, 5.74) is -0.995. The number of carbonyl (C=O) groups excluding carboxylic acids is 1. The molecule has 1 fully saturated rings. The van der Waals surface area contributed by atoms with Gasteiger partial charge < -0.3 is 44.4 Å². The molecular weight excluding hydrogens is 768 g/mol. The van der Waals surface area contributed by atoms with E-state index in [0.29, 0.717) is 6.42 Å². The van der Waals surface area contributed by atoms with E-state index < -0.39 is 60.3 Å². The average molecular weight is 816 g/mol. The van der Waals surface area contributed by atoms with Crippen molar-refractivity contribution >= 4 is 35.2 Å². The zero-order valence-corrected chi connectivity index (χ0v) is 38.6. The molecule has 24 heteroatoms. The Kier molecular flexibility index (Phi) is 30.2. The summed E-state index contributed by atoms with van der Waals surface area (Å²) in [6.45, 7) is 1.07. The van der Waals surface area contributed by atoms with E-state index in [-0.39, 0.29) is 107 Å². The number of hydrogen-bond donors (Lipinski definition) is 4. The number of hydrogen-bond acceptors (Lipinski definition) is 15. The largest absolute Gasteiger partial charge is 1.00 e. The van der Waals surface area contributed by atoms with E-state index in [1.807, 2.05) is 0 Å². The van der Waals surface area contributed by atoms with Gasteiger partial charge in [0.1, 0.15) is 24.1 Å². The first-order chi connectivity index (χ1) is 22.5. The van der Waals surface area contributed by atoms with Crippen LogP contribution in [-0.4, -0.2) is 55.5 Å². The molecule has 0 saturated carbocycles. The van der Waals surface area contributed by atoms with E-state index in [9.17, 15) is 48.2 Å². The van der Waals surface area contributed by atoms with Crippen LogP contribution in [0, 0.1) is 0 Å². The molecule has 1 aliphatic rings. The van der Waals surface area contributed by atoms with Crippen molar-refractivity contribution in [3.63, 3.8) is 0 Å². The molecule has 0 bridgehead atoms. The maximum Gasteiger partial charge on any atom is 1.00 e. The van der Waals surface area contributed by atoms with Crippen LogP contribution < -0.4 is 114 Å². The number of anilines is 1. The number of aliphatic hydroxyl groups excluding tert-OH is 2. The van der Waals surface area contributed by atoms with Crippen LogP contribution in [0.5, 0.6) is 0 Å². The van der Waals surface area contributed by atoms with Crippen molar-refractivity contribution in [2.24, 2.45) is 0 Å². The molecule has 278 valence electrons. The van der Waals surface area contributed by atoms with Gasteiger partial charge in [0, 0.05) is 12.6 Å². The standard InChI is InChI=1S/C27H50N3O15P3.3Na/c1-2-3-4-5-6-7-8-9-10-11-12-13-14-15-16-17-23(31)28-22-18-19-30(27(34)29-22)26-25(33)24(32)21(43-26)20-42-47(38,39)45-48(40,41)44-46(35,36)37;;;/h18-19,21,24-26,32-33H,2-17,20H2,1H3,(H,38,39)(H,40,41)(H2,35,36,37)(H,28,29,31,34);;;/q;3*+1/p-3/t21-,24-,25-,26-;;;/m1.../s1. The Hall–Kier alpha value is 1.64. The van der Waals surface area contributed by atoms with Crippen LogP contribution in [0.2, 0.25) is 0 Å². The van der Waals surface area contributed by atoms with Gasteiger partial charge in [-0.25, -0.2) is 13.4 Å². The summed E-state index contributed by atoms with van der Waals surface area (Å²) in [6.07, 6.45) is 12.4. The van der Waals surface area contributed by atoms with Gasteiger partial charge in [0.15, 0.2) is 6.23 Å². The summed E-state index contributed by atoms with van der Waals surface area (Å²) in [4.78, 5) is 70.7. The third-order valence-corrected chi connectivity index (χ3v) is 11.2. The Morgan fingerprint density at radius 1 is 0.843 bits per heavy atom. The van der Waals surface area contributed by atoms with Crippen molar-refractivity contribution < 1.29 is 155 Å². The molecule has 1 aliphatic heterocycles. The first kappa shape index (κ1) is 54.7. The van der Waals surface area contributed by atoms with E-state index in [4.69, 9.17) is 9.63 Å². The van der Waals surface area contributed by atoms with Crippen LogP contribution in [0.25, 0.3) is 0 Å². The second kappa shape index (κ2) is 28.1. The molecule has 4 N–H and O–H groups in total. The Morgan fingerprint density at radius 2 is 1.33 bits per heavy atom. The summed E-state index contributed by atoms with van der Waals surface area (Å²) >= 11 is 0. The van der Waals surface area contributed by atoms with Gasteiger partial charge in [0.25, 0.3) is 23.5 Å². The van der Waals surface area contributed by atoms with Crippen molar-refractivity contribution in [3.8, 4) is 0 Å². The molecular formula is C27H47N3Na3O15P3. The number of nitrogens with zero attached hydrogens (tertiary/aromatic N) is 2. The first-order valence-electron chi connectivity index (χ1n) is 16.2. The SMILES string of the molecule is CCCCCCCCCCCCCCCCCC(=O)Nc1ccn([C@@H]2O[C@H](COP(=O)([O-])OP(=O)([O-])OP(=O)([O-])O)[C@@H](O)[C@H]2O)c(=O)n1.[Na+].[Na+].[Na+]. The zero-order chi connectivity index (χ0) is 35.8. The number of aliphatic hydroxyl groups is 2. The minimum Gasteiger partial charge on any atom is -0.756 e. The molecule has 1 aromatic rings. The molecule has 51 heavy (non-hydrogen) atoms. The number of unbranched alkanes of at least 4 members (excludes halogenated alkanes) is 14. The Labute approximate surface area is 364 Å². The van der Waals surface area contributed by atoms with Crippen molar-refractivity contribution in [2.45, 2.75) is 134 Å². The smallest absolute Gasteiger partial charge is 0.756 e. The molecule has 3 unspecified atom stereocenters. The van der Waals surface area contributed by atoms with Gasteiger partial charge in [0.05, 0.1) is 6.61 Å². The van der Waals surface area contributed by atoms with Gasteiger partial charge in [-0.05, 0) is 12.5 Å². The number of ether oxygens (including phenoxy) is 1. The second-order valence-corrected chi connectivity index (χ2v) is 15.9. The van der Waals surface area contributed by atoms with Crippen molar-refractivity contribution in [1.29, 1.82) is 0 Å². The average Bonchev–Trinajstić information content (AvgIpc) is 3.25. The predicted molar refractivity (Wildman–Crippen MR) is 166 cm³/mol. The van der Waals surface area contributed by atoms with Gasteiger partial charge in [-0.15, -0.1) is 0 Å². The third-order valence-electron chi connectivity index (χ3n) is 7.52. The Morgan fingerprint density at radius 3 is 1.80 bits per heavy atom. The van der Waals surface area contributed by atoms with Crippen LogP contribution in [0.4, 0.5) is 5.82 Å². The zero-order valence-electron chi connectivity index (χ0n) is 30.0.